The number of nitrogens with zero attached hydrogens (tertiary/aromatic N) is 1. The van der Waals surface area contributed by atoms with Crippen LogP contribution >= 0.6 is 11.3 Å². The lowest BCUT2D eigenvalue weighted by Gasteiger charge is -2.54. The van der Waals surface area contributed by atoms with Crippen molar-refractivity contribution in [1.82, 2.24) is 4.98 Å². The van der Waals surface area contributed by atoms with Gasteiger partial charge in [-0.15, -0.1) is 11.3 Å². The van der Waals surface area contributed by atoms with Crippen molar-refractivity contribution >= 4 is 11.3 Å². The van der Waals surface area contributed by atoms with Crippen molar-refractivity contribution in [3.8, 4) is 0 Å². The molecule has 0 spiro atoms. The molecule has 3 aliphatic carbocycles. The van der Waals surface area contributed by atoms with Crippen LogP contribution in [0.15, 0.2) is 11.6 Å². The predicted molar refractivity (Wildman–Crippen MR) is 104 cm³/mol. The summed E-state index contributed by atoms with van der Waals surface area (Å²) >= 11 is 1.53. The Morgan fingerprint density at radius 2 is 1.89 bits per heavy atom. The van der Waals surface area contributed by atoms with Crippen molar-refractivity contribution in [3.05, 3.63) is 16.6 Å². The maximum absolute atomic E-state index is 11.4. The van der Waals surface area contributed by atoms with Crippen LogP contribution in [0.1, 0.15) is 56.9 Å². The fourth-order valence-corrected chi connectivity index (χ4v) is 7.75. The maximum Gasteiger partial charge on any atom is 0.125 e. The third-order valence-electron chi connectivity index (χ3n) is 8.43. The lowest BCUT2D eigenvalue weighted by molar-refractivity contribution is -0.115. The van der Waals surface area contributed by atoms with E-state index < -0.39 is 5.60 Å². The van der Waals surface area contributed by atoms with Gasteiger partial charge in [0.15, 0.2) is 0 Å². The number of fused-ring (bicyclic) bond motifs is 1. The zero-order chi connectivity index (χ0) is 19.2. The number of aromatic nitrogens is 1. The molecule has 0 unspecified atom stereocenters. The van der Waals surface area contributed by atoms with E-state index in [1.165, 1.54) is 11.3 Å². The highest BCUT2D eigenvalue weighted by molar-refractivity contribution is 7.09. The first-order valence-corrected chi connectivity index (χ1v) is 11.3. The molecule has 3 saturated carbocycles. The lowest BCUT2D eigenvalue weighted by Crippen LogP contribution is -2.51. The van der Waals surface area contributed by atoms with E-state index in [9.17, 15) is 20.4 Å². The molecule has 3 fully saturated rings. The summed E-state index contributed by atoms with van der Waals surface area (Å²) in [7, 11) is 0. The van der Waals surface area contributed by atoms with Crippen LogP contribution in [0.25, 0.3) is 0 Å². The fourth-order valence-electron chi connectivity index (χ4n) is 6.92. The van der Waals surface area contributed by atoms with E-state index in [0.29, 0.717) is 18.3 Å². The standard InChI is InChI=1S/C21H33NO4S/c1-20(6-4-14(25)10-13(20)11-23)17-2-3-18-15(16(17)12-24)5-7-21(18,26)19-22-8-9-27-19/h8-9,13-18,23-26H,2-7,10-12H2,1H3/t13-,14+,15+,16+,17+,18+,20+,21+/m1/s1. The first kappa shape index (κ1) is 19.8. The number of hydrogen-bond acceptors (Lipinski definition) is 6. The lowest BCUT2D eigenvalue weighted by atomic mass is 9.51. The molecule has 152 valence electrons. The molecule has 1 heterocycles. The Kier molecular flexibility index (Phi) is 5.40. The summed E-state index contributed by atoms with van der Waals surface area (Å²) in [6.07, 6.45) is 7.32. The van der Waals surface area contributed by atoms with E-state index in [0.717, 1.165) is 43.5 Å². The van der Waals surface area contributed by atoms with Crippen LogP contribution in [-0.2, 0) is 5.60 Å². The Labute approximate surface area is 165 Å². The Hall–Kier alpha value is -0.530. The minimum atomic E-state index is -0.850. The monoisotopic (exact) mass is 395 g/mol. The molecule has 4 rings (SSSR count). The van der Waals surface area contributed by atoms with Gasteiger partial charge in [-0.25, -0.2) is 4.98 Å². The molecule has 1 aromatic heterocycles. The quantitative estimate of drug-likeness (QED) is 0.629. The van der Waals surface area contributed by atoms with Gasteiger partial charge in [0.25, 0.3) is 0 Å². The molecule has 1 aromatic rings. The highest BCUT2D eigenvalue weighted by atomic mass is 32.1. The molecular formula is C21H33NO4S. The fraction of sp³-hybridized carbons (Fsp3) is 0.857. The first-order valence-electron chi connectivity index (χ1n) is 10.5. The summed E-state index contributed by atoms with van der Waals surface area (Å²) < 4.78 is 0. The minimum absolute atomic E-state index is 0.0613. The van der Waals surface area contributed by atoms with Crippen LogP contribution in [0.4, 0.5) is 0 Å². The maximum atomic E-state index is 11.4. The largest absolute Gasteiger partial charge is 0.396 e. The molecule has 5 nitrogen and oxygen atoms in total. The van der Waals surface area contributed by atoms with Crippen LogP contribution in [0, 0.1) is 35.0 Å². The second-order valence-electron chi connectivity index (χ2n) is 9.41. The molecule has 0 radical (unpaired) electrons. The topological polar surface area (TPSA) is 93.8 Å². The molecule has 0 bridgehead atoms. The number of aliphatic hydroxyl groups is 4. The van der Waals surface area contributed by atoms with E-state index >= 15 is 0 Å². The average molecular weight is 396 g/mol. The van der Waals surface area contributed by atoms with Crippen LogP contribution < -0.4 is 0 Å². The second-order valence-corrected chi connectivity index (χ2v) is 10.3. The van der Waals surface area contributed by atoms with Gasteiger partial charge in [-0.3, -0.25) is 0 Å². The zero-order valence-corrected chi connectivity index (χ0v) is 16.9. The molecular weight excluding hydrogens is 362 g/mol. The molecule has 0 aliphatic heterocycles. The van der Waals surface area contributed by atoms with Crippen molar-refractivity contribution in [3.63, 3.8) is 0 Å². The number of rotatable bonds is 4. The third kappa shape index (κ3) is 3.08. The summed E-state index contributed by atoms with van der Waals surface area (Å²) in [5.41, 5.74) is -0.911. The predicted octanol–water partition coefficient (Wildman–Crippen LogP) is 2.54. The van der Waals surface area contributed by atoms with E-state index in [-0.39, 0.29) is 42.5 Å². The third-order valence-corrected chi connectivity index (χ3v) is 9.37. The molecule has 6 heteroatoms. The van der Waals surface area contributed by atoms with Gasteiger partial charge in [0, 0.05) is 24.8 Å². The van der Waals surface area contributed by atoms with Crippen molar-refractivity contribution in [2.24, 2.45) is 35.0 Å². The average Bonchev–Trinajstić information content (AvgIpc) is 3.32. The van der Waals surface area contributed by atoms with E-state index in [1.807, 2.05) is 5.38 Å². The number of thiazole rings is 1. The Morgan fingerprint density at radius 1 is 1.11 bits per heavy atom. The van der Waals surface area contributed by atoms with Gasteiger partial charge in [-0.2, -0.15) is 0 Å². The highest BCUT2D eigenvalue weighted by Gasteiger charge is 2.58. The minimum Gasteiger partial charge on any atom is -0.396 e. The molecule has 0 aromatic carbocycles. The summed E-state index contributed by atoms with van der Waals surface area (Å²) in [6, 6.07) is 0. The number of hydrogen-bond donors (Lipinski definition) is 4. The van der Waals surface area contributed by atoms with Crippen molar-refractivity contribution < 1.29 is 20.4 Å². The molecule has 8 atom stereocenters. The number of aliphatic hydroxyl groups excluding tert-OH is 3. The normalized spacial score (nSPS) is 47.7. The summed E-state index contributed by atoms with van der Waals surface area (Å²) in [6.45, 7) is 2.49. The van der Waals surface area contributed by atoms with E-state index in [1.54, 1.807) is 6.20 Å². The molecule has 3 aliphatic rings. The van der Waals surface area contributed by atoms with Crippen LogP contribution in [0.3, 0.4) is 0 Å². The van der Waals surface area contributed by atoms with Crippen molar-refractivity contribution in [2.45, 2.75) is 63.6 Å². The second kappa shape index (κ2) is 7.38. The smallest absolute Gasteiger partial charge is 0.125 e. The highest BCUT2D eigenvalue weighted by Crippen LogP contribution is 2.61. The van der Waals surface area contributed by atoms with Gasteiger partial charge in [-0.05, 0) is 80.0 Å². The summed E-state index contributed by atoms with van der Waals surface area (Å²) in [4.78, 5) is 4.41. The Balaban J connectivity index is 1.60. The van der Waals surface area contributed by atoms with Crippen molar-refractivity contribution in [1.29, 1.82) is 0 Å². The van der Waals surface area contributed by atoms with Gasteiger partial charge in [0.2, 0.25) is 0 Å². The van der Waals surface area contributed by atoms with Gasteiger partial charge < -0.3 is 20.4 Å². The van der Waals surface area contributed by atoms with Crippen LogP contribution in [0.2, 0.25) is 0 Å². The van der Waals surface area contributed by atoms with Gasteiger partial charge in [0.1, 0.15) is 10.6 Å². The molecule has 0 saturated heterocycles. The molecule has 4 N–H and O–H groups in total. The molecule has 0 amide bonds. The summed E-state index contributed by atoms with van der Waals surface area (Å²) in [5, 5.41) is 44.7. The zero-order valence-electron chi connectivity index (χ0n) is 16.1. The van der Waals surface area contributed by atoms with E-state index in [4.69, 9.17) is 0 Å². The Morgan fingerprint density at radius 3 is 2.56 bits per heavy atom. The van der Waals surface area contributed by atoms with Crippen LogP contribution in [-0.4, -0.2) is 44.7 Å². The van der Waals surface area contributed by atoms with Gasteiger partial charge in [-0.1, -0.05) is 6.92 Å². The SMILES string of the molecule is C[C@]1([C@H]2CC[C@H]3[C@@H](CC[C@@]3(O)c3nccs3)[C@@H]2CO)CC[C@H](O)C[C@@H]1CO. The summed E-state index contributed by atoms with van der Waals surface area (Å²) in [5.74, 6) is 1.00. The molecule has 27 heavy (non-hydrogen) atoms. The Bertz CT molecular complexity index is 640. The van der Waals surface area contributed by atoms with Crippen molar-refractivity contribution in [2.75, 3.05) is 13.2 Å². The van der Waals surface area contributed by atoms with Gasteiger partial charge in [0.05, 0.1) is 6.10 Å². The van der Waals surface area contributed by atoms with E-state index in [2.05, 4.69) is 11.9 Å². The van der Waals surface area contributed by atoms with Crippen LogP contribution in [0.5, 0.6) is 0 Å². The van der Waals surface area contributed by atoms with Gasteiger partial charge >= 0.3 is 0 Å². The first-order chi connectivity index (χ1) is 12.9.